The molecule has 1 saturated heterocycles. The lowest BCUT2D eigenvalue weighted by Crippen LogP contribution is -2.47. The Morgan fingerprint density at radius 1 is 1.32 bits per heavy atom. The Bertz CT molecular complexity index is 577. The fourth-order valence-corrected chi connectivity index (χ4v) is 4.47. The first kappa shape index (κ1) is 14.1. The number of rotatable bonds is 3. The van der Waals surface area contributed by atoms with E-state index in [2.05, 4.69) is 5.32 Å². The number of carbonyl (C=O) groups excluding carboxylic acids is 1. The Hall–Kier alpha value is -1.36. The van der Waals surface area contributed by atoms with Gasteiger partial charge in [0.05, 0.1) is 23.5 Å². The van der Waals surface area contributed by atoms with Crippen molar-refractivity contribution in [3.05, 3.63) is 35.4 Å². The lowest BCUT2D eigenvalue weighted by atomic mass is 10.0. The van der Waals surface area contributed by atoms with E-state index in [1.165, 1.54) is 0 Å². The van der Waals surface area contributed by atoms with Crippen LogP contribution in [0.2, 0.25) is 0 Å². The van der Waals surface area contributed by atoms with Crippen molar-refractivity contribution in [2.45, 2.75) is 32.2 Å². The number of hydrogen-bond acceptors (Lipinski definition) is 3. The van der Waals surface area contributed by atoms with Crippen molar-refractivity contribution in [3.8, 4) is 0 Å². The van der Waals surface area contributed by atoms with Gasteiger partial charge in [-0.3, -0.25) is 4.79 Å². The number of hydrogen-bond donors (Lipinski definition) is 1. The SMILES string of the molecule is Cc1ccc(CC(=O)N[C@@]2(C)CCS(=O)(=O)C2)cc1. The van der Waals surface area contributed by atoms with Crippen molar-refractivity contribution in [2.75, 3.05) is 11.5 Å². The fourth-order valence-electron chi connectivity index (χ4n) is 2.38. The molecule has 0 bridgehead atoms. The van der Waals surface area contributed by atoms with Crippen molar-refractivity contribution >= 4 is 15.7 Å². The van der Waals surface area contributed by atoms with Gasteiger partial charge in [0, 0.05) is 0 Å². The summed E-state index contributed by atoms with van der Waals surface area (Å²) in [7, 11) is -2.99. The summed E-state index contributed by atoms with van der Waals surface area (Å²) in [6, 6.07) is 7.76. The van der Waals surface area contributed by atoms with Gasteiger partial charge in [-0.25, -0.2) is 8.42 Å². The summed E-state index contributed by atoms with van der Waals surface area (Å²) in [5.41, 5.74) is 1.48. The van der Waals surface area contributed by atoms with Gasteiger partial charge in [-0.1, -0.05) is 29.8 Å². The zero-order chi connectivity index (χ0) is 14.1. The van der Waals surface area contributed by atoms with Crippen LogP contribution in [0.1, 0.15) is 24.5 Å². The highest BCUT2D eigenvalue weighted by Gasteiger charge is 2.39. The topological polar surface area (TPSA) is 63.2 Å². The van der Waals surface area contributed by atoms with E-state index in [9.17, 15) is 13.2 Å². The standard InChI is InChI=1S/C14H19NO3S/c1-11-3-5-12(6-4-11)9-13(16)15-14(2)7-8-19(17,18)10-14/h3-6H,7-10H2,1-2H3,(H,15,16)/t14-/m0/s1. The average Bonchev–Trinajstić information content (AvgIpc) is 2.56. The molecule has 0 radical (unpaired) electrons. The monoisotopic (exact) mass is 281 g/mol. The van der Waals surface area contributed by atoms with Crippen LogP contribution < -0.4 is 5.32 Å². The van der Waals surface area contributed by atoms with Gasteiger partial charge in [0.15, 0.2) is 9.84 Å². The molecule has 1 aliphatic rings. The molecule has 1 N–H and O–H groups in total. The van der Waals surface area contributed by atoms with Gasteiger partial charge < -0.3 is 5.32 Å². The summed E-state index contributed by atoms with van der Waals surface area (Å²) in [6.45, 7) is 3.79. The molecule has 5 heteroatoms. The fraction of sp³-hybridized carbons (Fsp3) is 0.500. The van der Waals surface area contributed by atoms with Crippen molar-refractivity contribution in [1.29, 1.82) is 0 Å². The molecular formula is C14H19NO3S. The third kappa shape index (κ3) is 3.80. The van der Waals surface area contributed by atoms with Gasteiger partial charge in [-0.2, -0.15) is 0 Å². The third-order valence-corrected chi connectivity index (χ3v) is 5.33. The first-order valence-corrected chi connectivity index (χ1v) is 8.17. The first-order valence-electron chi connectivity index (χ1n) is 6.35. The van der Waals surface area contributed by atoms with Gasteiger partial charge in [0.2, 0.25) is 5.91 Å². The molecule has 2 rings (SSSR count). The van der Waals surface area contributed by atoms with Crippen molar-refractivity contribution in [2.24, 2.45) is 0 Å². The van der Waals surface area contributed by atoms with E-state index in [0.29, 0.717) is 6.42 Å². The van der Waals surface area contributed by atoms with Gasteiger partial charge in [0.1, 0.15) is 0 Å². The molecular weight excluding hydrogens is 262 g/mol. The number of benzene rings is 1. The van der Waals surface area contributed by atoms with Crippen LogP contribution in [-0.4, -0.2) is 31.4 Å². The molecule has 0 saturated carbocycles. The molecule has 0 unspecified atom stereocenters. The van der Waals surface area contributed by atoms with Crippen LogP contribution in [0.15, 0.2) is 24.3 Å². The van der Waals surface area contributed by atoms with Crippen LogP contribution in [0.25, 0.3) is 0 Å². The third-order valence-electron chi connectivity index (χ3n) is 3.43. The van der Waals surface area contributed by atoms with Crippen LogP contribution in [0, 0.1) is 6.92 Å². The van der Waals surface area contributed by atoms with E-state index >= 15 is 0 Å². The molecule has 1 amide bonds. The van der Waals surface area contributed by atoms with Crippen LogP contribution >= 0.6 is 0 Å². The molecule has 1 heterocycles. The van der Waals surface area contributed by atoms with E-state index in [1.807, 2.05) is 31.2 Å². The molecule has 1 aromatic rings. The maximum Gasteiger partial charge on any atom is 0.224 e. The minimum atomic E-state index is -2.99. The van der Waals surface area contributed by atoms with Crippen molar-refractivity contribution < 1.29 is 13.2 Å². The second-order valence-corrected chi connectivity index (χ2v) is 7.80. The molecule has 104 valence electrons. The van der Waals surface area contributed by atoms with Gasteiger partial charge >= 0.3 is 0 Å². The lowest BCUT2D eigenvalue weighted by molar-refractivity contribution is -0.121. The molecule has 1 aromatic carbocycles. The normalized spacial score (nSPS) is 25.2. The molecule has 0 aliphatic carbocycles. The highest BCUT2D eigenvalue weighted by Crippen LogP contribution is 2.22. The summed E-state index contributed by atoms with van der Waals surface area (Å²) in [5.74, 6) is 0.0805. The van der Waals surface area contributed by atoms with Gasteiger partial charge in [0.25, 0.3) is 0 Å². The van der Waals surface area contributed by atoms with Gasteiger partial charge in [-0.15, -0.1) is 0 Å². The number of sulfone groups is 1. The lowest BCUT2D eigenvalue weighted by Gasteiger charge is -2.23. The maximum absolute atomic E-state index is 12.0. The molecule has 4 nitrogen and oxygen atoms in total. The summed E-state index contributed by atoms with van der Waals surface area (Å²) >= 11 is 0. The Morgan fingerprint density at radius 3 is 2.47 bits per heavy atom. The number of carbonyl (C=O) groups is 1. The molecule has 0 spiro atoms. The van der Waals surface area contributed by atoms with Crippen molar-refractivity contribution in [3.63, 3.8) is 0 Å². The van der Waals surface area contributed by atoms with Crippen LogP contribution in [-0.2, 0) is 21.1 Å². The average molecular weight is 281 g/mol. The quantitative estimate of drug-likeness (QED) is 0.906. The van der Waals surface area contributed by atoms with E-state index in [0.717, 1.165) is 11.1 Å². The molecule has 0 aromatic heterocycles. The predicted molar refractivity (Wildman–Crippen MR) is 74.7 cm³/mol. The largest absolute Gasteiger partial charge is 0.350 e. The molecule has 1 atom stereocenters. The highest BCUT2D eigenvalue weighted by atomic mass is 32.2. The molecule has 1 aliphatic heterocycles. The predicted octanol–water partition coefficient (Wildman–Crippen LogP) is 1.23. The molecule has 1 fully saturated rings. The minimum Gasteiger partial charge on any atom is -0.350 e. The van der Waals surface area contributed by atoms with Crippen LogP contribution in [0.5, 0.6) is 0 Å². The summed E-state index contributed by atoms with van der Waals surface area (Å²) < 4.78 is 22.9. The first-order chi connectivity index (χ1) is 8.78. The Morgan fingerprint density at radius 2 is 1.95 bits per heavy atom. The van der Waals surface area contributed by atoms with Crippen molar-refractivity contribution in [1.82, 2.24) is 5.32 Å². The zero-order valence-electron chi connectivity index (χ0n) is 11.3. The van der Waals surface area contributed by atoms with Crippen LogP contribution in [0.4, 0.5) is 0 Å². The number of amides is 1. The molecule has 19 heavy (non-hydrogen) atoms. The van der Waals surface area contributed by atoms with E-state index in [1.54, 1.807) is 6.92 Å². The smallest absolute Gasteiger partial charge is 0.224 e. The van der Waals surface area contributed by atoms with E-state index in [4.69, 9.17) is 0 Å². The minimum absolute atomic E-state index is 0.0413. The van der Waals surface area contributed by atoms with E-state index in [-0.39, 0.29) is 23.8 Å². The second kappa shape index (κ2) is 4.96. The zero-order valence-corrected chi connectivity index (χ0v) is 12.1. The van der Waals surface area contributed by atoms with E-state index < -0.39 is 15.4 Å². The van der Waals surface area contributed by atoms with Crippen LogP contribution in [0.3, 0.4) is 0 Å². The Balaban J connectivity index is 1.97. The number of nitrogens with one attached hydrogen (secondary N) is 1. The Labute approximate surface area is 114 Å². The van der Waals surface area contributed by atoms with Gasteiger partial charge in [-0.05, 0) is 25.8 Å². The summed E-state index contributed by atoms with van der Waals surface area (Å²) in [4.78, 5) is 12.0. The number of aryl methyl sites for hydroxylation is 1. The highest BCUT2D eigenvalue weighted by molar-refractivity contribution is 7.91. The summed E-state index contributed by atoms with van der Waals surface area (Å²) in [5, 5.41) is 2.86. The summed E-state index contributed by atoms with van der Waals surface area (Å²) in [6.07, 6.45) is 0.783. The second-order valence-electron chi connectivity index (χ2n) is 5.61. The Kier molecular flexibility index (Phi) is 3.67. The maximum atomic E-state index is 12.0.